The van der Waals surface area contributed by atoms with Gasteiger partial charge in [0.05, 0.1) is 11.1 Å². The first-order chi connectivity index (χ1) is 9.32. The maximum absolute atomic E-state index is 13.7. The third-order valence-electron chi connectivity index (χ3n) is 2.46. The molecule has 0 saturated heterocycles. The second-order valence-electron chi connectivity index (χ2n) is 3.73. The minimum absolute atomic E-state index is 0.398. The third-order valence-corrected chi connectivity index (χ3v) is 2.46. The summed E-state index contributed by atoms with van der Waals surface area (Å²) in [7, 11) is 0. The molecule has 2 amide bonds. The van der Waals surface area contributed by atoms with Crippen LogP contribution in [0.15, 0.2) is 29.6 Å². The lowest BCUT2D eigenvalue weighted by Crippen LogP contribution is -2.22. The van der Waals surface area contributed by atoms with Crippen LogP contribution in [0, 0.1) is 17.5 Å². The quantitative estimate of drug-likeness (QED) is 0.516. The van der Waals surface area contributed by atoms with E-state index >= 15 is 0 Å². The van der Waals surface area contributed by atoms with Gasteiger partial charge in [0.2, 0.25) is 0 Å². The van der Waals surface area contributed by atoms with Crippen LogP contribution in [-0.2, 0) is 9.59 Å². The van der Waals surface area contributed by atoms with Crippen molar-refractivity contribution in [3.05, 3.63) is 52.6 Å². The molecule has 0 aromatic heterocycles. The van der Waals surface area contributed by atoms with Crippen LogP contribution in [-0.4, -0.2) is 11.8 Å². The van der Waals surface area contributed by atoms with E-state index in [-0.39, 0.29) is 0 Å². The molecule has 1 aliphatic heterocycles. The molecule has 20 heavy (non-hydrogen) atoms. The number of imide groups is 1. The second-order valence-corrected chi connectivity index (χ2v) is 3.73. The predicted octanol–water partition coefficient (Wildman–Crippen LogP) is 2.29. The van der Waals surface area contributed by atoms with Gasteiger partial charge in [-0.3, -0.25) is 14.9 Å². The molecule has 0 atom stereocenters. The van der Waals surface area contributed by atoms with Gasteiger partial charge in [0, 0.05) is 6.08 Å². The van der Waals surface area contributed by atoms with E-state index in [0.29, 0.717) is 18.2 Å². The maximum atomic E-state index is 13.7. The Kier molecular flexibility index (Phi) is 3.39. The summed E-state index contributed by atoms with van der Waals surface area (Å²) in [6, 6.07) is 0.868. The number of hydrogen-bond acceptors (Lipinski definition) is 2. The van der Waals surface area contributed by atoms with Crippen LogP contribution in [0.2, 0.25) is 0 Å². The van der Waals surface area contributed by atoms with E-state index in [1.165, 1.54) is 0 Å². The van der Waals surface area contributed by atoms with Crippen molar-refractivity contribution in [3.8, 4) is 0 Å². The van der Waals surface area contributed by atoms with E-state index in [1.807, 2.05) is 0 Å². The molecule has 0 spiro atoms. The Bertz CT molecular complexity index is 693. The fourth-order valence-corrected chi connectivity index (χ4v) is 1.51. The highest BCUT2D eigenvalue weighted by Gasteiger charge is 2.29. The van der Waals surface area contributed by atoms with Crippen molar-refractivity contribution in [2.24, 2.45) is 0 Å². The number of carbonyl (C=O) groups is 2. The summed E-state index contributed by atoms with van der Waals surface area (Å²) in [4.78, 5) is 21.9. The average Bonchev–Trinajstić information content (AvgIpc) is 2.73. The summed E-state index contributed by atoms with van der Waals surface area (Å²) in [6.07, 6.45) is 0.467. The number of benzene rings is 1. The predicted molar refractivity (Wildman–Crippen MR) is 56.7 cm³/mol. The minimum atomic E-state index is -1.98. The van der Waals surface area contributed by atoms with E-state index in [0.717, 1.165) is 0 Å². The highest BCUT2D eigenvalue weighted by molar-refractivity contribution is 6.18. The fourth-order valence-electron chi connectivity index (χ4n) is 1.51. The van der Waals surface area contributed by atoms with Gasteiger partial charge in [-0.25, -0.2) is 22.0 Å². The number of amides is 2. The van der Waals surface area contributed by atoms with Gasteiger partial charge in [-0.2, -0.15) is 0 Å². The Balaban J connectivity index is 2.55. The van der Waals surface area contributed by atoms with Gasteiger partial charge in [-0.15, -0.1) is 0 Å². The molecular weight excluding hydrogens is 285 g/mol. The van der Waals surface area contributed by atoms with Crippen molar-refractivity contribution in [1.82, 2.24) is 5.32 Å². The number of hydrogen-bond donors (Lipinski definition) is 1. The first kappa shape index (κ1) is 13.9. The zero-order valence-electron chi connectivity index (χ0n) is 9.44. The molecule has 2 rings (SSSR count). The summed E-state index contributed by atoms with van der Waals surface area (Å²) in [5, 5.41) is 1.65. The molecule has 0 unspecified atom stereocenters. The zero-order chi connectivity index (χ0) is 15.0. The molecule has 1 heterocycles. The van der Waals surface area contributed by atoms with Gasteiger partial charge in [-0.05, 0) is 12.1 Å². The second kappa shape index (κ2) is 4.87. The number of nitrogens with one attached hydrogen (secondary N) is 1. The summed E-state index contributed by atoms with van der Waals surface area (Å²) in [5.74, 6) is -11.5. The molecule has 1 N–H and O–H groups in total. The maximum Gasteiger partial charge on any atom is 0.261 e. The van der Waals surface area contributed by atoms with Crippen molar-refractivity contribution in [2.75, 3.05) is 0 Å². The van der Waals surface area contributed by atoms with Crippen LogP contribution in [0.4, 0.5) is 22.0 Å². The number of carbonyl (C=O) groups excluding carboxylic acids is 2. The van der Waals surface area contributed by atoms with Crippen molar-refractivity contribution >= 4 is 17.6 Å². The van der Waals surface area contributed by atoms with E-state index in [2.05, 4.69) is 0 Å². The Morgan fingerprint density at radius 2 is 1.60 bits per heavy atom. The molecule has 1 aromatic carbocycles. The van der Waals surface area contributed by atoms with Crippen molar-refractivity contribution in [2.45, 2.75) is 0 Å². The SMILES string of the molecule is O=C1C=C(C(F)=C(F)c2ccc(F)c(F)c2F)C(=O)N1. The van der Waals surface area contributed by atoms with Crippen LogP contribution in [0.1, 0.15) is 5.56 Å². The number of halogens is 5. The summed E-state index contributed by atoms with van der Waals surface area (Å²) in [5.41, 5.74) is -2.16. The summed E-state index contributed by atoms with van der Waals surface area (Å²) in [6.45, 7) is 0. The smallest absolute Gasteiger partial charge is 0.261 e. The van der Waals surface area contributed by atoms with E-state index in [4.69, 9.17) is 0 Å². The monoisotopic (exact) mass is 289 g/mol. The van der Waals surface area contributed by atoms with E-state index in [9.17, 15) is 31.5 Å². The Hall–Kier alpha value is -2.51. The van der Waals surface area contributed by atoms with Crippen LogP contribution >= 0.6 is 0 Å². The van der Waals surface area contributed by atoms with Gasteiger partial charge >= 0.3 is 0 Å². The van der Waals surface area contributed by atoms with Gasteiger partial charge < -0.3 is 0 Å². The largest absolute Gasteiger partial charge is 0.289 e. The summed E-state index contributed by atoms with van der Waals surface area (Å²) < 4.78 is 66.2. The molecule has 0 radical (unpaired) electrons. The lowest BCUT2D eigenvalue weighted by atomic mass is 10.1. The highest BCUT2D eigenvalue weighted by atomic mass is 19.2. The molecular formula is C12H4F5NO2. The van der Waals surface area contributed by atoms with Gasteiger partial charge in [0.1, 0.15) is 0 Å². The molecule has 1 aromatic rings. The topological polar surface area (TPSA) is 46.2 Å². The van der Waals surface area contributed by atoms with Crippen molar-refractivity contribution in [1.29, 1.82) is 0 Å². The lowest BCUT2D eigenvalue weighted by molar-refractivity contribution is -0.123. The van der Waals surface area contributed by atoms with E-state index < -0.39 is 52.1 Å². The first-order valence-electron chi connectivity index (χ1n) is 5.09. The van der Waals surface area contributed by atoms with E-state index in [1.54, 1.807) is 5.32 Å². The standard InChI is InChI=1S/C12H4F5NO2/c13-6-2-1-4(9(15)11(6)17)8(14)10(16)5-3-7(19)18-12(5)20/h1-3H,(H,18,19,20). The molecule has 0 saturated carbocycles. The first-order valence-corrected chi connectivity index (χ1v) is 5.09. The molecule has 0 aliphatic carbocycles. The molecule has 0 fully saturated rings. The normalized spacial score (nSPS) is 15.9. The molecule has 104 valence electrons. The van der Waals surface area contributed by atoms with Crippen molar-refractivity contribution in [3.63, 3.8) is 0 Å². The van der Waals surface area contributed by atoms with Crippen LogP contribution < -0.4 is 5.32 Å². The third kappa shape index (κ3) is 2.20. The Morgan fingerprint density at radius 1 is 0.950 bits per heavy atom. The molecule has 8 heteroatoms. The molecule has 0 bridgehead atoms. The Morgan fingerprint density at radius 3 is 2.15 bits per heavy atom. The van der Waals surface area contributed by atoms with Gasteiger partial charge in [0.15, 0.2) is 29.1 Å². The van der Waals surface area contributed by atoms with Gasteiger partial charge in [-0.1, -0.05) is 0 Å². The highest BCUT2D eigenvalue weighted by Crippen LogP contribution is 2.30. The Labute approximate surface area is 108 Å². The average molecular weight is 289 g/mol. The van der Waals surface area contributed by atoms with Crippen LogP contribution in [0.3, 0.4) is 0 Å². The number of rotatable bonds is 2. The lowest BCUT2D eigenvalue weighted by Gasteiger charge is -2.04. The van der Waals surface area contributed by atoms with Gasteiger partial charge in [0.25, 0.3) is 11.8 Å². The molecule has 1 aliphatic rings. The van der Waals surface area contributed by atoms with Crippen LogP contribution in [0.5, 0.6) is 0 Å². The zero-order valence-corrected chi connectivity index (χ0v) is 9.44. The summed E-state index contributed by atoms with van der Waals surface area (Å²) >= 11 is 0. The minimum Gasteiger partial charge on any atom is -0.289 e. The molecule has 3 nitrogen and oxygen atoms in total. The van der Waals surface area contributed by atoms with Crippen molar-refractivity contribution < 1.29 is 31.5 Å². The van der Waals surface area contributed by atoms with Crippen LogP contribution in [0.25, 0.3) is 5.83 Å². The fraction of sp³-hybridized carbons (Fsp3) is 0.